The molecule has 4 spiro atoms. The Morgan fingerprint density at radius 3 is 1.40 bits per heavy atom. The van der Waals surface area contributed by atoms with Crippen molar-refractivity contribution in [2.45, 2.75) is 89.5 Å². The third kappa shape index (κ3) is 8.03. The summed E-state index contributed by atoms with van der Waals surface area (Å²) in [5, 5.41) is 20.7. The van der Waals surface area contributed by atoms with E-state index in [0.717, 1.165) is 79.8 Å². The number of hydrogen-bond acceptors (Lipinski definition) is 10. The van der Waals surface area contributed by atoms with Gasteiger partial charge < -0.3 is 21.5 Å². The maximum atomic E-state index is 8.70. The molecule has 0 amide bonds. The molecule has 2 heterocycles. The Morgan fingerprint density at radius 2 is 0.971 bits per heavy atom. The lowest BCUT2D eigenvalue weighted by Gasteiger charge is -2.40. The van der Waals surface area contributed by atoms with Gasteiger partial charge in [-0.2, -0.15) is 0 Å². The van der Waals surface area contributed by atoms with E-state index in [1.165, 1.54) is 55.6 Å². The van der Waals surface area contributed by atoms with E-state index in [1.54, 1.807) is 28.3 Å². The second kappa shape index (κ2) is 18.0. The Bertz CT molecular complexity index is 2910. The number of benzene rings is 6. The van der Waals surface area contributed by atoms with E-state index >= 15 is 0 Å². The van der Waals surface area contributed by atoms with Gasteiger partial charge in [0.15, 0.2) is 0 Å². The summed E-state index contributed by atoms with van der Waals surface area (Å²) in [7, 11) is 2.37. The van der Waals surface area contributed by atoms with Crippen molar-refractivity contribution in [3.63, 3.8) is 0 Å². The number of guanidine groups is 2. The van der Waals surface area contributed by atoms with Gasteiger partial charge in [0.1, 0.15) is 0 Å². The number of hydrogen-bond donors (Lipinski definition) is 4. The molecule has 2 aliphatic heterocycles. The highest BCUT2D eigenvalue weighted by atomic mass is 79.9. The van der Waals surface area contributed by atoms with Crippen molar-refractivity contribution in [3.05, 3.63) is 194 Å². The summed E-state index contributed by atoms with van der Waals surface area (Å²) in [5.74, 6) is 0.916. The fourth-order valence-corrected chi connectivity index (χ4v) is 12.3. The van der Waals surface area contributed by atoms with E-state index in [2.05, 4.69) is 132 Å². The van der Waals surface area contributed by atoms with Crippen molar-refractivity contribution in [1.82, 2.24) is 10.1 Å². The first-order valence-electron chi connectivity index (χ1n) is 23.8. The van der Waals surface area contributed by atoms with Crippen LogP contribution >= 0.6 is 15.9 Å². The maximum Gasteiger partial charge on any atom is 0.488 e. The number of rotatable bonds is 2. The number of halogens is 1. The van der Waals surface area contributed by atoms with Crippen LogP contribution in [0, 0.1) is 24.7 Å². The van der Waals surface area contributed by atoms with E-state index in [-0.39, 0.29) is 10.8 Å². The third-order valence-electron chi connectivity index (χ3n) is 15.6. The van der Waals surface area contributed by atoms with Gasteiger partial charge in [-0.15, -0.1) is 0 Å². The van der Waals surface area contributed by atoms with E-state index in [9.17, 15) is 0 Å². The lowest BCUT2D eigenvalue weighted by atomic mass is 9.71. The average Bonchev–Trinajstić information content (AvgIpc) is 3.87. The summed E-state index contributed by atoms with van der Waals surface area (Å²) in [6.07, 6.45) is 10.3. The van der Waals surface area contributed by atoms with Crippen LogP contribution in [-0.2, 0) is 59.7 Å². The van der Waals surface area contributed by atoms with Crippen LogP contribution in [0.5, 0.6) is 0 Å². The van der Waals surface area contributed by atoms with Crippen LogP contribution in [0.25, 0.3) is 11.1 Å². The second-order valence-corrected chi connectivity index (χ2v) is 20.6. The molecule has 0 saturated carbocycles. The molecule has 12 rings (SSSR count). The van der Waals surface area contributed by atoms with Gasteiger partial charge in [-0.3, -0.25) is 0 Å². The molecule has 0 radical (unpaired) electrons. The predicted molar refractivity (Wildman–Crippen MR) is 275 cm³/mol. The first-order valence-corrected chi connectivity index (χ1v) is 24.6. The van der Waals surface area contributed by atoms with Crippen LogP contribution in [0.1, 0.15) is 81.3 Å². The van der Waals surface area contributed by atoms with Crippen LogP contribution in [0.15, 0.2) is 148 Å². The van der Waals surface area contributed by atoms with Gasteiger partial charge in [0, 0.05) is 40.5 Å². The maximum absolute atomic E-state index is 8.70. The van der Waals surface area contributed by atoms with Gasteiger partial charge in [0.05, 0.1) is 0 Å². The molecule has 4 aliphatic carbocycles. The van der Waals surface area contributed by atoms with Gasteiger partial charge in [-0.05, 0) is 146 Å². The first-order chi connectivity index (χ1) is 32.7. The molecule has 68 heavy (non-hydrogen) atoms. The fraction of sp³-hybridized carbons (Fsp3) is 0.321. The smallest absolute Gasteiger partial charge is 0.423 e. The quantitative estimate of drug-likeness (QED) is 0.126. The number of fused-ring (bicyclic) bond motifs is 8. The second-order valence-electron chi connectivity index (χ2n) is 19.7. The van der Waals surface area contributed by atoms with Crippen molar-refractivity contribution in [2.24, 2.45) is 32.3 Å². The van der Waals surface area contributed by atoms with E-state index in [0.29, 0.717) is 17.4 Å². The highest BCUT2D eigenvalue weighted by molar-refractivity contribution is 9.10. The Balaban J connectivity index is 0.000000134. The topological polar surface area (TPSA) is 142 Å². The van der Waals surface area contributed by atoms with Crippen LogP contribution < -0.4 is 16.9 Å². The highest BCUT2D eigenvalue weighted by Gasteiger charge is 2.64. The van der Waals surface area contributed by atoms with Gasteiger partial charge >= 0.3 is 7.12 Å². The zero-order chi connectivity index (χ0) is 47.4. The molecular formula is C56H60BBrN6O4. The van der Waals surface area contributed by atoms with Gasteiger partial charge in [0.2, 0.25) is 23.4 Å². The minimum absolute atomic E-state index is 0.0788. The normalized spacial score (nSPS) is 22.2. The summed E-state index contributed by atoms with van der Waals surface area (Å²) in [6, 6.07) is 46.8. The van der Waals surface area contributed by atoms with Crippen molar-refractivity contribution >= 4 is 40.4 Å². The van der Waals surface area contributed by atoms with Gasteiger partial charge in [0.25, 0.3) is 0 Å². The van der Waals surface area contributed by atoms with Crippen molar-refractivity contribution in [3.8, 4) is 11.1 Å². The number of nitrogens with zero attached hydrogens (tertiary/aromatic N) is 4. The van der Waals surface area contributed by atoms with Gasteiger partial charge in [-0.1, -0.05) is 142 Å². The molecule has 2 atom stereocenters. The zero-order valence-electron chi connectivity index (χ0n) is 39.4. The molecule has 0 bridgehead atoms. The summed E-state index contributed by atoms with van der Waals surface area (Å²) < 4.78 is 1.05. The molecular weight excluding hydrogens is 911 g/mol. The Hall–Kier alpha value is -5.76. The van der Waals surface area contributed by atoms with E-state index in [1.807, 2.05) is 27.1 Å². The van der Waals surface area contributed by atoms with Crippen LogP contribution in [0.4, 0.5) is 0 Å². The molecule has 0 saturated heterocycles. The largest absolute Gasteiger partial charge is 0.488 e. The summed E-state index contributed by atoms with van der Waals surface area (Å²) in [6.45, 7) is 4.04. The molecule has 10 nitrogen and oxygen atoms in total. The number of aryl methyl sites for hydroxylation is 6. The van der Waals surface area contributed by atoms with E-state index < -0.39 is 18.6 Å². The third-order valence-corrected chi connectivity index (χ3v) is 16.0. The summed E-state index contributed by atoms with van der Waals surface area (Å²) >= 11 is 3.63. The van der Waals surface area contributed by atoms with Crippen molar-refractivity contribution < 1.29 is 19.7 Å². The molecule has 348 valence electrons. The lowest BCUT2D eigenvalue weighted by Crippen LogP contribution is -2.43. The average molecular weight is 972 g/mol. The summed E-state index contributed by atoms with van der Waals surface area (Å²) in [5.41, 5.74) is 26.9. The molecule has 2 unspecified atom stereocenters. The molecule has 6 aliphatic rings. The van der Waals surface area contributed by atoms with Crippen LogP contribution in [0.3, 0.4) is 0 Å². The Kier molecular flexibility index (Phi) is 12.2. The number of hydroxylamine groups is 4. The summed E-state index contributed by atoms with van der Waals surface area (Å²) in [4.78, 5) is 23.1. The SMILES string of the molecule is CN1OC2(N=C1N)c1cc(Br)ccc1CC21CCc2ccccc2CC1.Cc1cccc(-c2ccc3c(c2)C2(N=C(N)N(C)O2)C2(CCc4ccccc4CC2)C3)c1.Cc1cccc(B(O)O)c1. The zero-order valence-corrected chi connectivity index (χ0v) is 41.0. The van der Waals surface area contributed by atoms with Crippen molar-refractivity contribution in [2.75, 3.05) is 14.1 Å². The lowest BCUT2D eigenvalue weighted by molar-refractivity contribution is -0.224. The van der Waals surface area contributed by atoms with Crippen LogP contribution in [-0.4, -0.2) is 53.3 Å². The standard InChI is InChI=1S/C28H29N3O.C21H22BrN3O.C7H9BO2/c1-19-6-5-9-22(16-19)23-10-11-24-18-27(14-12-20-7-3-4-8-21(20)13-15-27)28(25(24)17-23)30-26(29)31(2)32-28;1-25-19(23)24-21(26-25)18-12-17(22)7-6-16(18)13-20(21)10-8-14-4-2-3-5-15(14)9-11-20;1-6-3-2-4-7(5-6)8(9)10/h3-11,16-17H,12-15,18H2,1-2H3,(H2,29,30);2-7,12H,8-11,13H2,1H3,(H2,23,24);2-5,9-10H,1H3. The molecule has 0 aromatic heterocycles. The van der Waals surface area contributed by atoms with Crippen molar-refractivity contribution in [1.29, 1.82) is 0 Å². The minimum Gasteiger partial charge on any atom is -0.423 e. The highest BCUT2D eigenvalue weighted by Crippen LogP contribution is 2.62. The number of nitrogens with two attached hydrogens (primary N) is 2. The fourth-order valence-electron chi connectivity index (χ4n) is 12.0. The predicted octanol–water partition coefficient (Wildman–Crippen LogP) is 8.72. The molecule has 6 aromatic carbocycles. The molecule has 0 fully saturated rings. The van der Waals surface area contributed by atoms with Crippen LogP contribution in [0.2, 0.25) is 0 Å². The van der Waals surface area contributed by atoms with Gasteiger partial charge in [-0.25, -0.2) is 29.8 Å². The van der Waals surface area contributed by atoms with E-state index in [4.69, 9.17) is 41.2 Å². The molecule has 12 heteroatoms. The first kappa shape index (κ1) is 46.0. The molecule has 6 aromatic rings. The monoisotopic (exact) mass is 970 g/mol. The Labute approximate surface area is 408 Å². The molecule has 6 N–H and O–H groups in total. The minimum atomic E-state index is -1.35. The Morgan fingerprint density at radius 1 is 0.529 bits per heavy atom. The number of aliphatic imine (C=N–C) groups is 2.